The summed E-state index contributed by atoms with van der Waals surface area (Å²) in [7, 11) is 3.90. The molecule has 3 N–H and O–H groups in total. The number of hydrogen-bond acceptors (Lipinski definition) is 3. The van der Waals surface area contributed by atoms with Gasteiger partial charge in [0.1, 0.15) is 17.7 Å². The van der Waals surface area contributed by atoms with E-state index in [0.717, 1.165) is 18.7 Å². The zero-order chi connectivity index (χ0) is 18.5. The van der Waals surface area contributed by atoms with Crippen LogP contribution in [0.4, 0.5) is 13.6 Å². The van der Waals surface area contributed by atoms with Crippen LogP contribution in [0.3, 0.4) is 0 Å². The zero-order valence-electron chi connectivity index (χ0n) is 14.9. The average molecular weight is 343 g/mol. The van der Waals surface area contributed by atoms with Crippen molar-refractivity contribution in [2.75, 3.05) is 27.2 Å². The van der Waals surface area contributed by atoms with Crippen molar-refractivity contribution >= 4 is 6.03 Å². The highest BCUT2D eigenvalue weighted by atomic mass is 19.1. The Morgan fingerprint density at radius 2 is 1.83 bits per heavy atom. The maximum absolute atomic E-state index is 13.6. The van der Waals surface area contributed by atoms with Crippen molar-refractivity contribution in [2.24, 2.45) is 5.41 Å². The van der Waals surface area contributed by atoms with E-state index in [4.69, 9.17) is 0 Å². The van der Waals surface area contributed by atoms with Gasteiger partial charge in [0, 0.05) is 19.1 Å². The van der Waals surface area contributed by atoms with Crippen LogP contribution < -0.4 is 10.6 Å². The highest BCUT2D eigenvalue weighted by molar-refractivity contribution is 5.74. The van der Waals surface area contributed by atoms with Gasteiger partial charge < -0.3 is 20.6 Å². The SMILES string of the molecule is CC(NC(=O)NCC(O)c1c(F)cccc1F)C(C)(C)CN(C)C. The Balaban J connectivity index is 2.57. The van der Waals surface area contributed by atoms with Crippen molar-refractivity contribution in [3.05, 3.63) is 35.4 Å². The van der Waals surface area contributed by atoms with Gasteiger partial charge in [-0.15, -0.1) is 0 Å². The van der Waals surface area contributed by atoms with Crippen LogP contribution in [0, 0.1) is 17.0 Å². The van der Waals surface area contributed by atoms with E-state index in [0.29, 0.717) is 0 Å². The summed E-state index contributed by atoms with van der Waals surface area (Å²) in [4.78, 5) is 14.0. The van der Waals surface area contributed by atoms with Crippen molar-refractivity contribution in [3.63, 3.8) is 0 Å². The first-order chi connectivity index (χ1) is 11.0. The molecule has 0 aromatic heterocycles. The van der Waals surface area contributed by atoms with E-state index in [1.54, 1.807) is 0 Å². The maximum atomic E-state index is 13.6. The van der Waals surface area contributed by atoms with E-state index in [2.05, 4.69) is 10.6 Å². The summed E-state index contributed by atoms with van der Waals surface area (Å²) in [6.45, 7) is 6.43. The van der Waals surface area contributed by atoms with Gasteiger partial charge in [-0.25, -0.2) is 13.6 Å². The molecule has 2 amide bonds. The normalized spacial score (nSPS) is 14.4. The first-order valence-corrected chi connectivity index (χ1v) is 7.85. The molecule has 7 heteroatoms. The van der Waals surface area contributed by atoms with Gasteiger partial charge in [0.05, 0.1) is 5.56 Å². The van der Waals surface area contributed by atoms with Crippen LogP contribution in [-0.2, 0) is 0 Å². The number of carbonyl (C=O) groups excluding carboxylic acids is 1. The summed E-state index contributed by atoms with van der Waals surface area (Å²) in [5.74, 6) is -1.68. The van der Waals surface area contributed by atoms with E-state index in [1.807, 2.05) is 39.8 Å². The summed E-state index contributed by atoms with van der Waals surface area (Å²) < 4.78 is 27.2. The lowest BCUT2D eigenvalue weighted by Gasteiger charge is -2.34. The van der Waals surface area contributed by atoms with Gasteiger partial charge in [0.2, 0.25) is 0 Å². The van der Waals surface area contributed by atoms with Gasteiger partial charge in [-0.3, -0.25) is 0 Å². The molecular formula is C17H27F2N3O2. The minimum atomic E-state index is -1.46. The molecule has 24 heavy (non-hydrogen) atoms. The zero-order valence-corrected chi connectivity index (χ0v) is 14.9. The van der Waals surface area contributed by atoms with Crippen LogP contribution in [0.1, 0.15) is 32.4 Å². The van der Waals surface area contributed by atoms with Crippen LogP contribution in [0.25, 0.3) is 0 Å². The average Bonchev–Trinajstić information content (AvgIpc) is 2.43. The Hall–Kier alpha value is -1.73. The van der Waals surface area contributed by atoms with E-state index >= 15 is 0 Å². The molecule has 2 atom stereocenters. The number of benzene rings is 1. The fraction of sp³-hybridized carbons (Fsp3) is 0.588. The lowest BCUT2D eigenvalue weighted by molar-refractivity contribution is 0.158. The first-order valence-electron chi connectivity index (χ1n) is 7.85. The number of carbonyl (C=O) groups is 1. The molecule has 0 spiro atoms. The molecule has 0 aliphatic rings. The Bertz CT molecular complexity index is 545. The van der Waals surface area contributed by atoms with Gasteiger partial charge >= 0.3 is 6.03 Å². The molecule has 0 radical (unpaired) electrons. The number of halogens is 2. The number of aliphatic hydroxyl groups excluding tert-OH is 1. The number of urea groups is 1. The molecule has 0 saturated heterocycles. The first kappa shape index (κ1) is 20.3. The molecule has 0 heterocycles. The second-order valence-corrected chi connectivity index (χ2v) is 6.95. The van der Waals surface area contributed by atoms with Gasteiger partial charge in [-0.05, 0) is 38.6 Å². The molecular weight excluding hydrogens is 316 g/mol. The molecule has 0 fully saturated rings. The second kappa shape index (κ2) is 8.39. The summed E-state index contributed by atoms with van der Waals surface area (Å²) in [6.07, 6.45) is -1.46. The number of aliphatic hydroxyl groups is 1. The molecule has 2 unspecified atom stereocenters. The minimum Gasteiger partial charge on any atom is -0.386 e. The molecule has 136 valence electrons. The van der Waals surface area contributed by atoms with Crippen LogP contribution in [0.2, 0.25) is 0 Å². The predicted octanol–water partition coefficient (Wildman–Crippen LogP) is 2.27. The smallest absolute Gasteiger partial charge is 0.315 e. The van der Waals surface area contributed by atoms with Crippen LogP contribution in [0.5, 0.6) is 0 Å². The molecule has 5 nitrogen and oxygen atoms in total. The molecule has 0 aliphatic carbocycles. The monoisotopic (exact) mass is 343 g/mol. The Morgan fingerprint density at radius 1 is 1.29 bits per heavy atom. The van der Waals surface area contributed by atoms with Crippen molar-refractivity contribution in [1.29, 1.82) is 0 Å². The maximum Gasteiger partial charge on any atom is 0.315 e. The van der Waals surface area contributed by atoms with E-state index < -0.39 is 29.3 Å². The molecule has 1 aromatic rings. The Labute approximate surface area is 142 Å². The van der Waals surface area contributed by atoms with E-state index in [1.165, 1.54) is 6.07 Å². The van der Waals surface area contributed by atoms with Crippen molar-refractivity contribution in [1.82, 2.24) is 15.5 Å². The quantitative estimate of drug-likeness (QED) is 0.712. The fourth-order valence-corrected chi connectivity index (χ4v) is 2.52. The van der Waals surface area contributed by atoms with Gasteiger partial charge in [-0.1, -0.05) is 19.9 Å². The highest BCUT2D eigenvalue weighted by Crippen LogP contribution is 2.22. The molecule has 1 rings (SSSR count). The van der Waals surface area contributed by atoms with Crippen LogP contribution in [0.15, 0.2) is 18.2 Å². The van der Waals surface area contributed by atoms with Gasteiger partial charge in [-0.2, -0.15) is 0 Å². The number of amides is 2. The van der Waals surface area contributed by atoms with E-state index in [-0.39, 0.29) is 18.0 Å². The number of rotatable bonds is 7. The largest absolute Gasteiger partial charge is 0.386 e. The summed E-state index contributed by atoms with van der Waals surface area (Å²) >= 11 is 0. The van der Waals surface area contributed by atoms with E-state index in [9.17, 15) is 18.7 Å². The molecule has 1 aromatic carbocycles. The van der Waals surface area contributed by atoms with Gasteiger partial charge in [0.25, 0.3) is 0 Å². The third-order valence-corrected chi connectivity index (χ3v) is 4.03. The Kier molecular flexibility index (Phi) is 7.10. The molecule has 0 saturated carbocycles. The van der Waals surface area contributed by atoms with Crippen LogP contribution >= 0.6 is 0 Å². The molecule has 0 bridgehead atoms. The fourth-order valence-electron chi connectivity index (χ4n) is 2.52. The number of hydrogen-bond donors (Lipinski definition) is 3. The summed E-state index contributed by atoms with van der Waals surface area (Å²) in [6, 6.07) is 2.71. The van der Waals surface area contributed by atoms with Crippen LogP contribution in [-0.4, -0.2) is 49.3 Å². The summed E-state index contributed by atoms with van der Waals surface area (Å²) in [5.41, 5.74) is -0.615. The molecule has 0 aliphatic heterocycles. The topological polar surface area (TPSA) is 64.6 Å². The Morgan fingerprint density at radius 3 is 2.33 bits per heavy atom. The van der Waals surface area contributed by atoms with Crippen molar-refractivity contribution in [3.8, 4) is 0 Å². The third-order valence-electron chi connectivity index (χ3n) is 4.03. The highest BCUT2D eigenvalue weighted by Gasteiger charge is 2.28. The summed E-state index contributed by atoms with van der Waals surface area (Å²) in [5, 5.41) is 15.1. The standard InChI is InChI=1S/C17H27F2N3O2/c1-11(17(2,3)10-22(4)5)21-16(24)20-9-14(23)15-12(18)7-6-8-13(15)19/h6-8,11,14,23H,9-10H2,1-5H3,(H2,20,21,24). The van der Waals surface area contributed by atoms with Crippen molar-refractivity contribution in [2.45, 2.75) is 32.9 Å². The predicted molar refractivity (Wildman–Crippen MR) is 89.6 cm³/mol. The lowest BCUT2D eigenvalue weighted by atomic mass is 9.85. The van der Waals surface area contributed by atoms with Gasteiger partial charge in [0.15, 0.2) is 0 Å². The third kappa shape index (κ3) is 5.72. The lowest BCUT2D eigenvalue weighted by Crippen LogP contribution is -2.50. The number of nitrogens with one attached hydrogen (secondary N) is 2. The minimum absolute atomic E-state index is 0.137. The second-order valence-electron chi connectivity index (χ2n) is 6.95. The number of nitrogens with zero attached hydrogens (tertiary/aromatic N) is 1. The van der Waals surface area contributed by atoms with Crippen molar-refractivity contribution < 1.29 is 18.7 Å².